The van der Waals surface area contributed by atoms with Crippen LogP contribution in [-0.4, -0.2) is 34.4 Å². The van der Waals surface area contributed by atoms with Crippen LogP contribution in [0.25, 0.3) is 11.4 Å². The third-order valence-electron chi connectivity index (χ3n) is 2.74. The summed E-state index contributed by atoms with van der Waals surface area (Å²) in [6.45, 7) is 3.32. The summed E-state index contributed by atoms with van der Waals surface area (Å²) >= 11 is 0. The Morgan fingerprint density at radius 1 is 1.35 bits per heavy atom. The topological polar surface area (TPSA) is 85.5 Å². The molecule has 0 bridgehead atoms. The van der Waals surface area contributed by atoms with Gasteiger partial charge in [0.25, 0.3) is 0 Å². The van der Waals surface area contributed by atoms with Gasteiger partial charge in [0.2, 0.25) is 11.7 Å². The molecule has 2 aromatic rings. The van der Waals surface area contributed by atoms with E-state index in [2.05, 4.69) is 10.1 Å². The Bertz CT molecular complexity index is 563. The first-order valence-corrected chi connectivity index (χ1v) is 6.44. The normalized spacial score (nSPS) is 10.7. The van der Waals surface area contributed by atoms with Gasteiger partial charge in [-0.25, -0.2) is 4.79 Å². The molecule has 6 nitrogen and oxygen atoms in total. The van der Waals surface area contributed by atoms with Gasteiger partial charge in [0.1, 0.15) is 0 Å². The van der Waals surface area contributed by atoms with Gasteiger partial charge in [-0.3, -0.25) is 0 Å². The van der Waals surface area contributed by atoms with E-state index in [0.717, 1.165) is 12.0 Å². The summed E-state index contributed by atoms with van der Waals surface area (Å²) in [7, 11) is 0. The van der Waals surface area contributed by atoms with Gasteiger partial charge in [-0.1, -0.05) is 17.3 Å². The molecule has 0 saturated heterocycles. The third-order valence-corrected chi connectivity index (χ3v) is 2.74. The maximum Gasteiger partial charge on any atom is 0.335 e. The van der Waals surface area contributed by atoms with E-state index in [1.165, 1.54) is 12.1 Å². The lowest BCUT2D eigenvalue weighted by molar-refractivity contribution is 0.0697. The molecule has 2 rings (SSSR count). The number of ether oxygens (including phenoxy) is 1. The molecule has 1 aromatic heterocycles. The molecule has 0 spiro atoms. The zero-order valence-corrected chi connectivity index (χ0v) is 11.2. The van der Waals surface area contributed by atoms with Gasteiger partial charge in [-0.15, -0.1) is 0 Å². The minimum atomic E-state index is -0.957. The van der Waals surface area contributed by atoms with Crippen LogP contribution in [0.1, 0.15) is 29.6 Å². The largest absolute Gasteiger partial charge is 0.478 e. The molecule has 0 unspecified atom stereocenters. The van der Waals surface area contributed by atoms with Crippen LogP contribution in [0.2, 0.25) is 0 Å². The number of carbonyl (C=O) groups is 1. The van der Waals surface area contributed by atoms with Crippen LogP contribution in [0.3, 0.4) is 0 Å². The first kappa shape index (κ1) is 14.2. The number of benzene rings is 1. The lowest BCUT2D eigenvalue weighted by Gasteiger charge is -1.97. The summed E-state index contributed by atoms with van der Waals surface area (Å²) < 4.78 is 10.4. The highest BCUT2D eigenvalue weighted by Gasteiger charge is 2.09. The Morgan fingerprint density at radius 2 is 2.10 bits per heavy atom. The van der Waals surface area contributed by atoms with Crippen LogP contribution in [0.4, 0.5) is 0 Å². The van der Waals surface area contributed by atoms with Crippen molar-refractivity contribution in [2.45, 2.75) is 19.8 Å². The van der Waals surface area contributed by atoms with Gasteiger partial charge in [0.15, 0.2) is 0 Å². The van der Waals surface area contributed by atoms with E-state index in [1.807, 2.05) is 6.92 Å². The average molecular weight is 276 g/mol. The van der Waals surface area contributed by atoms with Crippen molar-refractivity contribution in [3.8, 4) is 11.4 Å². The number of aromatic carboxylic acids is 1. The van der Waals surface area contributed by atoms with E-state index < -0.39 is 5.97 Å². The van der Waals surface area contributed by atoms with Crippen LogP contribution in [0.5, 0.6) is 0 Å². The molecular weight excluding hydrogens is 260 g/mol. The fraction of sp³-hybridized carbons (Fsp3) is 0.357. The molecule has 1 N–H and O–H groups in total. The predicted molar refractivity (Wildman–Crippen MR) is 71.5 cm³/mol. The van der Waals surface area contributed by atoms with Crippen LogP contribution in [0, 0.1) is 0 Å². The average Bonchev–Trinajstić information content (AvgIpc) is 2.92. The Kier molecular flexibility index (Phi) is 4.84. The summed E-state index contributed by atoms with van der Waals surface area (Å²) in [5, 5.41) is 12.7. The Morgan fingerprint density at radius 3 is 2.75 bits per heavy atom. The zero-order valence-electron chi connectivity index (χ0n) is 11.2. The monoisotopic (exact) mass is 276 g/mol. The van der Waals surface area contributed by atoms with Crippen molar-refractivity contribution < 1.29 is 19.2 Å². The van der Waals surface area contributed by atoms with E-state index in [1.54, 1.807) is 12.1 Å². The predicted octanol–water partition coefficient (Wildman–Crippen LogP) is 2.40. The summed E-state index contributed by atoms with van der Waals surface area (Å²) in [5.74, 6) is 0.0663. The number of nitrogens with zero attached hydrogens (tertiary/aromatic N) is 2. The SMILES string of the molecule is CCOCCCc1nc(-c2ccc(C(=O)O)cc2)no1. The van der Waals surface area contributed by atoms with Crippen LogP contribution < -0.4 is 0 Å². The quantitative estimate of drug-likeness (QED) is 0.781. The smallest absolute Gasteiger partial charge is 0.335 e. The molecule has 0 atom stereocenters. The Hall–Kier alpha value is -2.21. The Balaban J connectivity index is 1.99. The maximum absolute atomic E-state index is 10.8. The lowest BCUT2D eigenvalue weighted by Crippen LogP contribution is -1.96. The number of aryl methyl sites for hydroxylation is 1. The lowest BCUT2D eigenvalue weighted by atomic mass is 10.1. The number of hydrogen-bond donors (Lipinski definition) is 1. The molecule has 1 aromatic carbocycles. The minimum Gasteiger partial charge on any atom is -0.478 e. The molecule has 0 aliphatic heterocycles. The molecule has 0 fully saturated rings. The van der Waals surface area contributed by atoms with Crippen LogP contribution in [0.15, 0.2) is 28.8 Å². The number of rotatable bonds is 7. The Labute approximate surface area is 116 Å². The maximum atomic E-state index is 10.8. The summed E-state index contributed by atoms with van der Waals surface area (Å²) in [4.78, 5) is 15.0. The highest BCUT2D eigenvalue weighted by Crippen LogP contribution is 2.17. The van der Waals surface area contributed by atoms with Crippen molar-refractivity contribution in [2.75, 3.05) is 13.2 Å². The highest BCUT2D eigenvalue weighted by atomic mass is 16.5. The van der Waals surface area contributed by atoms with Crippen LogP contribution in [-0.2, 0) is 11.2 Å². The first-order valence-electron chi connectivity index (χ1n) is 6.44. The molecule has 0 saturated carbocycles. The zero-order chi connectivity index (χ0) is 14.4. The van der Waals surface area contributed by atoms with Crippen molar-refractivity contribution in [1.29, 1.82) is 0 Å². The fourth-order valence-corrected chi connectivity index (χ4v) is 1.71. The second-order valence-corrected chi connectivity index (χ2v) is 4.19. The molecule has 0 amide bonds. The molecule has 20 heavy (non-hydrogen) atoms. The fourth-order valence-electron chi connectivity index (χ4n) is 1.71. The molecule has 106 valence electrons. The number of aromatic nitrogens is 2. The number of carboxylic acids is 1. The number of hydrogen-bond acceptors (Lipinski definition) is 5. The van der Waals surface area contributed by atoms with E-state index in [0.29, 0.717) is 31.3 Å². The van der Waals surface area contributed by atoms with Crippen molar-refractivity contribution in [3.05, 3.63) is 35.7 Å². The summed E-state index contributed by atoms with van der Waals surface area (Å²) in [6, 6.07) is 6.36. The summed E-state index contributed by atoms with van der Waals surface area (Å²) in [6.07, 6.45) is 1.49. The number of carboxylic acid groups (broad SMARTS) is 1. The molecule has 0 aliphatic rings. The van der Waals surface area contributed by atoms with E-state index >= 15 is 0 Å². The van der Waals surface area contributed by atoms with Crippen molar-refractivity contribution in [3.63, 3.8) is 0 Å². The molecule has 6 heteroatoms. The molecule has 0 radical (unpaired) electrons. The van der Waals surface area contributed by atoms with Gasteiger partial charge in [0, 0.05) is 25.2 Å². The van der Waals surface area contributed by atoms with Crippen LogP contribution >= 0.6 is 0 Å². The standard InChI is InChI=1S/C14H16N2O4/c1-2-19-9-3-4-12-15-13(16-20-12)10-5-7-11(8-6-10)14(17)18/h5-8H,2-4,9H2,1H3,(H,17,18). The van der Waals surface area contributed by atoms with Crippen molar-refractivity contribution >= 4 is 5.97 Å². The first-order chi connectivity index (χ1) is 9.70. The van der Waals surface area contributed by atoms with E-state index in [9.17, 15) is 4.79 Å². The second-order valence-electron chi connectivity index (χ2n) is 4.19. The van der Waals surface area contributed by atoms with Gasteiger partial charge in [-0.05, 0) is 25.5 Å². The van der Waals surface area contributed by atoms with Crippen molar-refractivity contribution in [1.82, 2.24) is 10.1 Å². The van der Waals surface area contributed by atoms with E-state index in [4.69, 9.17) is 14.4 Å². The molecular formula is C14H16N2O4. The van der Waals surface area contributed by atoms with Crippen molar-refractivity contribution in [2.24, 2.45) is 0 Å². The second kappa shape index (κ2) is 6.81. The van der Waals surface area contributed by atoms with Gasteiger partial charge in [0.05, 0.1) is 5.56 Å². The third kappa shape index (κ3) is 3.64. The molecule has 1 heterocycles. The summed E-state index contributed by atoms with van der Waals surface area (Å²) in [5.41, 5.74) is 0.962. The van der Waals surface area contributed by atoms with Gasteiger partial charge < -0.3 is 14.4 Å². The minimum absolute atomic E-state index is 0.231. The highest BCUT2D eigenvalue weighted by molar-refractivity contribution is 5.88. The van der Waals surface area contributed by atoms with E-state index in [-0.39, 0.29) is 5.56 Å². The van der Waals surface area contributed by atoms with Gasteiger partial charge >= 0.3 is 5.97 Å². The van der Waals surface area contributed by atoms with Gasteiger partial charge in [-0.2, -0.15) is 4.98 Å². The molecule has 0 aliphatic carbocycles.